The van der Waals surface area contributed by atoms with Gasteiger partial charge < -0.3 is 10.6 Å². The molecule has 1 heterocycles. The third kappa shape index (κ3) is 4.14. The van der Waals surface area contributed by atoms with Crippen LogP contribution in [0.4, 0.5) is 13.2 Å². The highest BCUT2D eigenvalue weighted by Gasteiger charge is 2.35. The maximum Gasteiger partial charge on any atom is 0.416 e. The van der Waals surface area contributed by atoms with Gasteiger partial charge in [-0.3, -0.25) is 4.79 Å². The first-order valence-corrected chi connectivity index (χ1v) is 7.63. The fourth-order valence-corrected chi connectivity index (χ4v) is 3.03. The van der Waals surface area contributed by atoms with Gasteiger partial charge in [0.2, 0.25) is 0 Å². The standard InChI is InChI=1S/C18H17F3N2O.ClH/c19-18(20,21)14-8-6-13(7-9-14)17(24)23-10-15(16(22)11-23)12-4-2-1-3-5-12;/h1-9,15-16H,10-11,22H2;1H/t15-,16+;/m0./s1. The van der Waals surface area contributed by atoms with Crippen LogP contribution in [0.2, 0.25) is 0 Å². The van der Waals surface area contributed by atoms with E-state index >= 15 is 0 Å². The van der Waals surface area contributed by atoms with E-state index in [0.29, 0.717) is 13.1 Å². The van der Waals surface area contributed by atoms with Crippen LogP contribution in [0.5, 0.6) is 0 Å². The van der Waals surface area contributed by atoms with Crippen molar-refractivity contribution in [3.63, 3.8) is 0 Å². The zero-order valence-corrected chi connectivity index (χ0v) is 14.1. The third-order valence-electron chi connectivity index (χ3n) is 4.34. The summed E-state index contributed by atoms with van der Waals surface area (Å²) in [7, 11) is 0. The van der Waals surface area contributed by atoms with Crippen molar-refractivity contribution in [3.05, 3.63) is 71.3 Å². The Morgan fingerprint density at radius 2 is 1.60 bits per heavy atom. The van der Waals surface area contributed by atoms with Gasteiger partial charge >= 0.3 is 6.18 Å². The summed E-state index contributed by atoms with van der Waals surface area (Å²) in [5, 5.41) is 0. The summed E-state index contributed by atoms with van der Waals surface area (Å²) in [5.41, 5.74) is 6.69. The number of carbonyl (C=O) groups excluding carboxylic acids is 1. The molecule has 0 bridgehead atoms. The van der Waals surface area contributed by atoms with Gasteiger partial charge in [-0.2, -0.15) is 13.2 Å². The van der Waals surface area contributed by atoms with Crippen molar-refractivity contribution in [1.82, 2.24) is 4.90 Å². The molecule has 2 atom stereocenters. The van der Waals surface area contributed by atoms with E-state index < -0.39 is 11.7 Å². The van der Waals surface area contributed by atoms with Gasteiger partial charge in [0.1, 0.15) is 0 Å². The van der Waals surface area contributed by atoms with E-state index in [1.165, 1.54) is 12.1 Å². The summed E-state index contributed by atoms with van der Waals surface area (Å²) in [4.78, 5) is 14.1. The van der Waals surface area contributed by atoms with Gasteiger partial charge in [-0.1, -0.05) is 30.3 Å². The molecule has 2 N–H and O–H groups in total. The number of likely N-dealkylation sites (tertiary alicyclic amines) is 1. The monoisotopic (exact) mass is 370 g/mol. The normalized spacial score (nSPS) is 20.2. The van der Waals surface area contributed by atoms with Gasteiger partial charge in [0, 0.05) is 30.6 Å². The van der Waals surface area contributed by atoms with Gasteiger partial charge in [-0.25, -0.2) is 0 Å². The Bertz CT molecular complexity index is 719. The van der Waals surface area contributed by atoms with Crippen LogP contribution < -0.4 is 5.73 Å². The van der Waals surface area contributed by atoms with Gasteiger partial charge in [0.25, 0.3) is 5.91 Å². The molecule has 1 saturated heterocycles. The van der Waals surface area contributed by atoms with Crippen molar-refractivity contribution in [2.75, 3.05) is 13.1 Å². The zero-order chi connectivity index (χ0) is 17.3. The maximum atomic E-state index is 12.6. The Morgan fingerprint density at radius 3 is 2.16 bits per heavy atom. The fourth-order valence-electron chi connectivity index (χ4n) is 3.03. The minimum atomic E-state index is -4.41. The van der Waals surface area contributed by atoms with Crippen LogP contribution in [-0.4, -0.2) is 29.9 Å². The number of hydrogen-bond acceptors (Lipinski definition) is 2. The van der Waals surface area contributed by atoms with E-state index in [1.54, 1.807) is 4.90 Å². The average molecular weight is 371 g/mol. The first kappa shape index (κ1) is 19.3. The highest BCUT2D eigenvalue weighted by Crippen LogP contribution is 2.30. The van der Waals surface area contributed by atoms with Crippen LogP contribution in [0.3, 0.4) is 0 Å². The molecule has 3 nitrogen and oxygen atoms in total. The molecular weight excluding hydrogens is 353 g/mol. The molecular formula is C18H18ClF3N2O. The molecule has 25 heavy (non-hydrogen) atoms. The second-order valence-corrected chi connectivity index (χ2v) is 5.97. The van der Waals surface area contributed by atoms with Crippen molar-refractivity contribution in [2.24, 2.45) is 5.73 Å². The van der Waals surface area contributed by atoms with Crippen LogP contribution in [0.15, 0.2) is 54.6 Å². The van der Waals surface area contributed by atoms with Gasteiger partial charge in [-0.05, 0) is 29.8 Å². The average Bonchev–Trinajstić information content (AvgIpc) is 2.96. The summed E-state index contributed by atoms with van der Waals surface area (Å²) in [6, 6.07) is 13.8. The molecule has 2 aromatic carbocycles. The van der Waals surface area contributed by atoms with Crippen LogP contribution in [0, 0.1) is 0 Å². The minimum Gasteiger partial charge on any atom is -0.336 e. The zero-order valence-electron chi connectivity index (χ0n) is 13.2. The third-order valence-corrected chi connectivity index (χ3v) is 4.34. The van der Waals surface area contributed by atoms with Crippen molar-refractivity contribution in [1.29, 1.82) is 0 Å². The summed E-state index contributed by atoms with van der Waals surface area (Å²) in [6.45, 7) is 0.852. The smallest absolute Gasteiger partial charge is 0.336 e. The first-order chi connectivity index (χ1) is 11.4. The SMILES string of the molecule is Cl.N[C@@H]1CN(C(=O)c2ccc(C(F)(F)F)cc2)C[C@H]1c1ccccc1. The number of amides is 1. The number of hydrogen-bond donors (Lipinski definition) is 1. The van der Waals surface area contributed by atoms with E-state index in [1.807, 2.05) is 30.3 Å². The molecule has 0 unspecified atom stereocenters. The Labute approximate surface area is 150 Å². The lowest BCUT2D eigenvalue weighted by Gasteiger charge is -2.17. The Kier molecular flexibility index (Phi) is 5.75. The number of benzene rings is 2. The number of nitrogens with zero attached hydrogens (tertiary/aromatic N) is 1. The summed E-state index contributed by atoms with van der Waals surface area (Å²) in [6.07, 6.45) is -4.41. The molecule has 134 valence electrons. The Morgan fingerprint density at radius 1 is 1.00 bits per heavy atom. The molecule has 1 aliphatic heterocycles. The van der Waals surface area contributed by atoms with Gasteiger partial charge in [0.05, 0.1) is 5.56 Å². The molecule has 0 spiro atoms. The molecule has 2 aromatic rings. The van der Waals surface area contributed by atoms with Crippen molar-refractivity contribution in [2.45, 2.75) is 18.1 Å². The molecule has 0 aromatic heterocycles. The van der Waals surface area contributed by atoms with Crippen LogP contribution >= 0.6 is 12.4 Å². The highest BCUT2D eigenvalue weighted by atomic mass is 35.5. The van der Waals surface area contributed by atoms with Gasteiger partial charge in [-0.15, -0.1) is 12.4 Å². The Hall–Kier alpha value is -2.05. The van der Waals surface area contributed by atoms with Crippen molar-refractivity contribution >= 4 is 18.3 Å². The Balaban J connectivity index is 0.00000225. The summed E-state index contributed by atoms with van der Waals surface area (Å²) in [5.74, 6) is -0.262. The summed E-state index contributed by atoms with van der Waals surface area (Å²) < 4.78 is 37.8. The number of alkyl halides is 3. The minimum absolute atomic E-state index is 0. The molecule has 1 aliphatic rings. The number of nitrogens with two attached hydrogens (primary N) is 1. The van der Waals surface area contributed by atoms with Crippen LogP contribution in [0.25, 0.3) is 0 Å². The van der Waals surface area contributed by atoms with E-state index in [4.69, 9.17) is 5.73 Å². The second-order valence-electron chi connectivity index (χ2n) is 5.97. The lowest BCUT2D eigenvalue weighted by atomic mass is 9.95. The first-order valence-electron chi connectivity index (χ1n) is 7.63. The summed E-state index contributed by atoms with van der Waals surface area (Å²) >= 11 is 0. The van der Waals surface area contributed by atoms with Crippen LogP contribution in [-0.2, 0) is 6.18 Å². The second kappa shape index (κ2) is 7.45. The highest BCUT2D eigenvalue weighted by molar-refractivity contribution is 5.94. The van der Waals surface area contributed by atoms with Crippen LogP contribution in [0.1, 0.15) is 27.4 Å². The number of halogens is 4. The number of carbonyl (C=O) groups is 1. The molecule has 0 saturated carbocycles. The van der Waals surface area contributed by atoms with Crippen molar-refractivity contribution in [3.8, 4) is 0 Å². The molecule has 1 fully saturated rings. The molecule has 0 aliphatic carbocycles. The largest absolute Gasteiger partial charge is 0.416 e. The molecule has 7 heteroatoms. The predicted molar refractivity (Wildman–Crippen MR) is 91.8 cm³/mol. The quantitative estimate of drug-likeness (QED) is 0.876. The lowest BCUT2D eigenvalue weighted by Crippen LogP contribution is -2.32. The fraction of sp³-hybridized carbons (Fsp3) is 0.278. The van der Waals surface area contributed by atoms with Crippen molar-refractivity contribution < 1.29 is 18.0 Å². The van der Waals surface area contributed by atoms with E-state index in [9.17, 15) is 18.0 Å². The predicted octanol–water partition coefficient (Wildman–Crippen LogP) is 3.69. The van der Waals surface area contributed by atoms with E-state index in [2.05, 4.69) is 0 Å². The molecule has 1 amide bonds. The number of rotatable bonds is 2. The topological polar surface area (TPSA) is 46.3 Å². The molecule has 0 radical (unpaired) electrons. The van der Waals surface area contributed by atoms with E-state index in [0.717, 1.165) is 17.7 Å². The molecule has 3 rings (SSSR count). The van der Waals surface area contributed by atoms with E-state index in [-0.39, 0.29) is 35.8 Å². The van der Waals surface area contributed by atoms with Gasteiger partial charge in [0.15, 0.2) is 0 Å². The lowest BCUT2D eigenvalue weighted by molar-refractivity contribution is -0.137. The maximum absolute atomic E-state index is 12.6.